The van der Waals surface area contributed by atoms with Gasteiger partial charge in [-0.05, 0) is 49.1 Å². The van der Waals surface area contributed by atoms with Crippen LogP contribution >= 0.6 is 0 Å². The van der Waals surface area contributed by atoms with Gasteiger partial charge in [0, 0.05) is 43.6 Å². The van der Waals surface area contributed by atoms with Crippen LogP contribution in [0.5, 0.6) is 0 Å². The summed E-state index contributed by atoms with van der Waals surface area (Å²) in [5.41, 5.74) is 1.91. The summed E-state index contributed by atoms with van der Waals surface area (Å²) in [4.78, 5) is 18.6. The summed E-state index contributed by atoms with van der Waals surface area (Å²) in [5.74, 6) is 0.129. The summed E-state index contributed by atoms with van der Waals surface area (Å²) in [6.45, 7) is 1.03. The number of amides is 1. The molecular formula is C18H21N3O2. The molecule has 2 aromatic heterocycles. The summed E-state index contributed by atoms with van der Waals surface area (Å²) in [6.07, 6.45) is 8.15. The molecule has 3 heterocycles. The van der Waals surface area contributed by atoms with E-state index in [4.69, 9.17) is 0 Å². The van der Waals surface area contributed by atoms with Crippen LogP contribution in [0.4, 0.5) is 0 Å². The molecule has 2 atom stereocenters. The molecule has 4 rings (SSSR count). The number of hydrogen-bond donors (Lipinski definition) is 1. The van der Waals surface area contributed by atoms with Crippen molar-refractivity contribution in [1.82, 2.24) is 14.5 Å². The second-order valence-electron chi connectivity index (χ2n) is 6.63. The van der Waals surface area contributed by atoms with E-state index in [1.165, 1.54) is 0 Å². The smallest absolute Gasteiger partial charge is 0.270 e. The Morgan fingerprint density at radius 1 is 1.22 bits per heavy atom. The third-order valence-electron chi connectivity index (χ3n) is 4.88. The van der Waals surface area contributed by atoms with E-state index < -0.39 is 6.10 Å². The van der Waals surface area contributed by atoms with Crippen LogP contribution < -0.4 is 0 Å². The van der Waals surface area contributed by atoms with Crippen molar-refractivity contribution in [2.45, 2.75) is 31.4 Å². The molecule has 1 saturated heterocycles. The number of pyridine rings is 1. The number of aliphatic hydroxyl groups is 1. The average molecular weight is 311 g/mol. The number of rotatable bonds is 4. The van der Waals surface area contributed by atoms with Crippen LogP contribution in [-0.4, -0.2) is 44.7 Å². The summed E-state index contributed by atoms with van der Waals surface area (Å²) >= 11 is 0. The summed E-state index contributed by atoms with van der Waals surface area (Å²) in [5, 5.41) is 10.3. The molecule has 0 aromatic carbocycles. The van der Waals surface area contributed by atoms with Gasteiger partial charge in [0.1, 0.15) is 5.69 Å². The molecule has 0 bridgehead atoms. The summed E-state index contributed by atoms with van der Waals surface area (Å²) < 4.78 is 2.09. The maximum absolute atomic E-state index is 12.8. The van der Waals surface area contributed by atoms with Gasteiger partial charge in [-0.2, -0.15) is 0 Å². The molecule has 0 unspecified atom stereocenters. The van der Waals surface area contributed by atoms with E-state index in [9.17, 15) is 9.90 Å². The van der Waals surface area contributed by atoms with Gasteiger partial charge in [-0.25, -0.2) is 0 Å². The van der Waals surface area contributed by atoms with Crippen LogP contribution in [0.25, 0.3) is 0 Å². The third-order valence-corrected chi connectivity index (χ3v) is 4.88. The van der Waals surface area contributed by atoms with Crippen molar-refractivity contribution in [3.05, 3.63) is 54.1 Å². The van der Waals surface area contributed by atoms with Gasteiger partial charge in [-0.1, -0.05) is 0 Å². The first-order chi connectivity index (χ1) is 11.2. The highest BCUT2D eigenvalue weighted by Crippen LogP contribution is 2.36. The predicted molar refractivity (Wildman–Crippen MR) is 86.0 cm³/mol. The first-order valence-electron chi connectivity index (χ1n) is 8.25. The number of aliphatic hydroxyl groups excluding tert-OH is 1. The number of β-amino-alcohol motifs (C(OH)–C–C–N with tert-alkyl or cyclic N) is 1. The highest BCUT2D eigenvalue weighted by molar-refractivity contribution is 5.93. The highest BCUT2D eigenvalue weighted by atomic mass is 16.3. The standard InChI is InChI=1S/C18H21N3O2/c22-17-12-20(11-14(17)10-13-5-7-19-8-6-13)18(23)16-2-1-9-21(16)15-3-4-15/h1-2,5-9,14-15,17,22H,3-4,10-12H2/t14-,17+/m1/s1. The molecular weight excluding hydrogens is 290 g/mol. The van der Waals surface area contributed by atoms with Crippen LogP contribution in [0.3, 0.4) is 0 Å². The van der Waals surface area contributed by atoms with E-state index in [2.05, 4.69) is 9.55 Å². The van der Waals surface area contributed by atoms with Crippen molar-refractivity contribution in [3.8, 4) is 0 Å². The van der Waals surface area contributed by atoms with Crippen molar-refractivity contribution in [3.63, 3.8) is 0 Å². The minimum Gasteiger partial charge on any atom is -0.391 e. The topological polar surface area (TPSA) is 58.4 Å². The van der Waals surface area contributed by atoms with E-state index >= 15 is 0 Å². The van der Waals surface area contributed by atoms with Gasteiger partial charge in [0.15, 0.2) is 0 Å². The van der Waals surface area contributed by atoms with Crippen molar-refractivity contribution in [2.24, 2.45) is 5.92 Å². The van der Waals surface area contributed by atoms with Gasteiger partial charge < -0.3 is 14.6 Å². The Morgan fingerprint density at radius 2 is 2.00 bits per heavy atom. The first-order valence-corrected chi connectivity index (χ1v) is 8.25. The summed E-state index contributed by atoms with van der Waals surface area (Å²) in [6, 6.07) is 8.25. The van der Waals surface area contributed by atoms with Gasteiger partial charge in [-0.3, -0.25) is 9.78 Å². The molecule has 0 spiro atoms. The molecule has 2 fully saturated rings. The Bertz CT molecular complexity index is 693. The highest BCUT2D eigenvalue weighted by Gasteiger charge is 2.36. The lowest BCUT2D eigenvalue weighted by atomic mass is 9.97. The normalized spacial score (nSPS) is 24.1. The van der Waals surface area contributed by atoms with E-state index in [0.717, 1.165) is 30.5 Å². The van der Waals surface area contributed by atoms with Crippen molar-refractivity contribution in [1.29, 1.82) is 0 Å². The van der Waals surface area contributed by atoms with Crippen LogP contribution in [0.1, 0.15) is 34.9 Å². The Morgan fingerprint density at radius 3 is 2.74 bits per heavy atom. The van der Waals surface area contributed by atoms with E-state index in [0.29, 0.717) is 19.1 Å². The molecule has 2 aromatic rings. The fourth-order valence-electron chi connectivity index (χ4n) is 3.45. The van der Waals surface area contributed by atoms with Gasteiger partial charge in [0.2, 0.25) is 0 Å². The fraction of sp³-hybridized carbons (Fsp3) is 0.444. The van der Waals surface area contributed by atoms with Gasteiger partial charge in [-0.15, -0.1) is 0 Å². The van der Waals surface area contributed by atoms with Crippen molar-refractivity contribution in [2.75, 3.05) is 13.1 Å². The van der Waals surface area contributed by atoms with Gasteiger partial charge in [0.25, 0.3) is 5.91 Å². The lowest BCUT2D eigenvalue weighted by molar-refractivity contribution is 0.0754. The Balaban J connectivity index is 1.46. The maximum Gasteiger partial charge on any atom is 0.270 e. The molecule has 1 aliphatic carbocycles. The zero-order valence-corrected chi connectivity index (χ0v) is 13.0. The number of hydrogen-bond acceptors (Lipinski definition) is 3. The second kappa shape index (κ2) is 5.81. The molecule has 1 N–H and O–H groups in total. The molecule has 5 nitrogen and oxygen atoms in total. The minimum absolute atomic E-state index is 0.0400. The lowest BCUT2D eigenvalue weighted by Crippen LogP contribution is -2.31. The van der Waals surface area contributed by atoms with Gasteiger partial charge >= 0.3 is 0 Å². The Kier molecular flexibility index (Phi) is 3.65. The molecule has 0 radical (unpaired) electrons. The molecule has 1 amide bonds. The fourth-order valence-corrected chi connectivity index (χ4v) is 3.45. The molecule has 120 valence electrons. The molecule has 2 aliphatic rings. The molecule has 23 heavy (non-hydrogen) atoms. The van der Waals surface area contributed by atoms with Crippen LogP contribution in [0.2, 0.25) is 0 Å². The lowest BCUT2D eigenvalue weighted by Gasteiger charge is -2.17. The number of nitrogens with zero attached hydrogens (tertiary/aromatic N) is 3. The number of aromatic nitrogens is 2. The van der Waals surface area contributed by atoms with Crippen LogP contribution in [0, 0.1) is 5.92 Å². The number of carbonyl (C=O) groups is 1. The monoisotopic (exact) mass is 311 g/mol. The zero-order valence-electron chi connectivity index (χ0n) is 13.0. The minimum atomic E-state index is -0.462. The van der Waals surface area contributed by atoms with Crippen LogP contribution in [-0.2, 0) is 6.42 Å². The van der Waals surface area contributed by atoms with E-state index in [1.807, 2.05) is 30.5 Å². The summed E-state index contributed by atoms with van der Waals surface area (Å²) in [7, 11) is 0. The third kappa shape index (κ3) is 2.88. The number of carbonyl (C=O) groups excluding carboxylic acids is 1. The van der Waals surface area contributed by atoms with E-state index in [1.54, 1.807) is 17.3 Å². The molecule has 1 aliphatic heterocycles. The van der Waals surface area contributed by atoms with Crippen LogP contribution in [0.15, 0.2) is 42.9 Å². The molecule has 5 heteroatoms. The SMILES string of the molecule is O=C(c1cccn1C1CC1)N1C[C@@H](Cc2ccncc2)[C@@H](O)C1. The van der Waals surface area contributed by atoms with E-state index in [-0.39, 0.29) is 11.8 Å². The molecule has 1 saturated carbocycles. The Hall–Kier alpha value is -2.14. The largest absolute Gasteiger partial charge is 0.391 e. The predicted octanol–water partition coefficient (Wildman–Crippen LogP) is 1.89. The van der Waals surface area contributed by atoms with Gasteiger partial charge in [0.05, 0.1) is 6.10 Å². The van der Waals surface area contributed by atoms with Crippen molar-refractivity contribution < 1.29 is 9.90 Å². The first kappa shape index (κ1) is 14.5. The van der Waals surface area contributed by atoms with Crippen molar-refractivity contribution >= 4 is 5.91 Å². The zero-order chi connectivity index (χ0) is 15.8. The quantitative estimate of drug-likeness (QED) is 0.938. The Labute approximate surface area is 135 Å². The average Bonchev–Trinajstić information content (AvgIpc) is 3.18. The maximum atomic E-state index is 12.8. The number of likely N-dealkylation sites (tertiary alicyclic amines) is 1. The second-order valence-corrected chi connectivity index (χ2v) is 6.63.